The molecule has 1 aliphatic rings. The zero-order valence-electron chi connectivity index (χ0n) is 39.1. The van der Waals surface area contributed by atoms with E-state index in [1.165, 1.54) is 13.0 Å². The molecule has 0 bridgehead atoms. The molecule has 1 saturated heterocycles. The lowest BCUT2D eigenvalue weighted by Gasteiger charge is -2.40. The monoisotopic (exact) mass is 887 g/mol. The van der Waals surface area contributed by atoms with E-state index in [0.29, 0.717) is 29.2 Å². The maximum Gasteiger partial charge on any atom is 0.309 e. The van der Waals surface area contributed by atoms with Gasteiger partial charge in [0.15, 0.2) is 6.10 Å². The minimum Gasteiger partial charge on any atom is -0.481 e. The van der Waals surface area contributed by atoms with Crippen LogP contribution in [0.5, 0.6) is 0 Å². The molecular weight excluding hydrogens is 812 g/mol. The van der Waals surface area contributed by atoms with Crippen molar-refractivity contribution in [1.29, 1.82) is 0 Å². The van der Waals surface area contributed by atoms with Crippen LogP contribution < -0.4 is 16.0 Å². The van der Waals surface area contributed by atoms with Crippen molar-refractivity contribution in [1.82, 2.24) is 25.4 Å². The molecule has 3 amide bonds. The van der Waals surface area contributed by atoms with E-state index in [1.54, 1.807) is 31.4 Å². The number of aliphatic carboxylic acids is 1. The van der Waals surface area contributed by atoms with Crippen molar-refractivity contribution in [3.05, 3.63) is 45.7 Å². The Morgan fingerprint density at radius 2 is 1.76 bits per heavy atom. The van der Waals surface area contributed by atoms with Crippen molar-refractivity contribution in [2.45, 2.75) is 176 Å². The van der Waals surface area contributed by atoms with Gasteiger partial charge >= 0.3 is 11.9 Å². The molecule has 6 atom stereocenters. The van der Waals surface area contributed by atoms with Gasteiger partial charge in [-0.2, -0.15) is 0 Å². The van der Waals surface area contributed by atoms with E-state index in [1.807, 2.05) is 53.5 Å². The second kappa shape index (κ2) is 24.7. The minimum atomic E-state index is -1.21. The third kappa shape index (κ3) is 15.6. The molecule has 2 heterocycles. The number of carboxylic acid groups (broad SMARTS) is 1. The number of anilines is 1. The molecule has 2 aromatic rings. The number of carbonyl (C=O) groups excluding carboxylic acids is 4. The van der Waals surface area contributed by atoms with Gasteiger partial charge in [0, 0.05) is 43.4 Å². The van der Waals surface area contributed by atoms with Crippen molar-refractivity contribution in [3.8, 4) is 0 Å². The van der Waals surface area contributed by atoms with E-state index in [2.05, 4.69) is 32.8 Å². The van der Waals surface area contributed by atoms with Crippen LogP contribution >= 0.6 is 11.3 Å². The molecular formula is C47H75FN6O7S. The van der Waals surface area contributed by atoms with Crippen molar-refractivity contribution >= 4 is 46.7 Å². The number of rotatable bonds is 25. The van der Waals surface area contributed by atoms with Gasteiger partial charge in [0.25, 0.3) is 5.91 Å². The summed E-state index contributed by atoms with van der Waals surface area (Å²) >= 11 is 1.16. The molecule has 15 heteroatoms. The average Bonchev–Trinajstić information content (AvgIpc) is 3.70. The van der Waals surface area contributed by atoms with Gasteiger partial charge in [0.2, 0.25) is 11.8 Å². The fourth-order valence-electron chi connectivity index (χ4n) is 8.12. The molecule has 0 saturated carbocycles. The van der Waals surface area contributed by atoms with Gasteiger partial charge in [-0.15, -0.1) is 11.3 Å². The van der Waals surface area contributed by atoms with Crippen LogP contribution in [0.2, 0.25) is 0 Å². The Balaban J connectivity index is 1.95. The normalized spacial score (nSPS) is 17.2. The number of carboxylic acids is 1. The molecule has 62 heavy (non-hydrogen) atoms. The Hall–Kier alpha value is -4.11. The largest absolute Gasteiger partial charge is 0.481 e. The van der Waals surface area contributed by atoms with Gasteiger partial charge < -0.3 is 30.7 Å². The third-order valence-electron chi connectivity index (χ3n) is 12.0. The van der Waals surface area contributed by atoms with Crippen molar-refractivity contribution in [2.24, 2.45) is 17.3 Å². The molecule has 0 spiro atoms. The SMILES string of the molecule is CCCCCCN(C(=O)[C@@H](NC(=O)[C@H]1CCCCN1C)[C@@H](C)CC)[C@H](C[C@@H](OC(C)=O)c1nc(C(=O)N[C@@H](Cc2ccc(NC(C)C)c(F)c2)CC(C)(C)C(=O)O)cs1)C(C)C. The zero-order valence-corrected chi connectivity index (χ0v) is 40.0. The van der Waals surface area contributed by atoms with E-state index < -0.39 is 53.3 Å². The average molecular weight is 887 g/mol. The lowest BCUT2D eigenvalue weighted by Crippen LogP contribution is -2.59. The van der Waals surface area contributed by atoms with Crippen LogP contribution in [0.1, 0.15) is 161 Å². The standard InChI is InChI=1S/C47H75FN6O7S/c1-12-14-15-17-23-54(45(58)41(31(7)13-2)52-43(57)38-19-16-18-22-53(38)11)39(29(3)4)26-40(61-32(8)55)44-51-37(28-62-44)42(56)50-34(27-47(9,10)46(59)60)24-33-20-21-36(35(48)25-33)49-30(5)6/h20-21,25,28-31,34,38-41,49H,12-19,22-24,26-27H2,1-11H3,(H,50,56)(H,52,57)(H,59,60)/t31-,34-,38+,39+,40+,41-/m0/s1. The predicted molar refractivity (Wildman–Crippen MR) is 244 cm³/mol. The summed E-state index contributed by atoms with van der Waals surface area (Å²) in [4.78, 5) is 76.0. The maximum atomic E-state index is 15.0. The number of likely N-dealkylation sites (tertiary alicyclic amines) is 1. The van der Waals surface area contributed by atoms with E-state index in [-0.39, 0.29) is 60.7 Å². The topological polar surface area (TPSA) is 170 Å². The number of ether oxygens (including phenoxy) is 1. The number of carbonyl (C=O) groups is 5. The number of halogens is 1. The number of aromatic nitrogens is 1. The molecule has 348 valence electrons. The van der Waals surface area contributed by atoms with Crippen molar-refractivity contribution in [3.63, 3.8) is 0 Å². The lowest BCUT2D eigenvalue weighted by atomic mass is 9.84. The Bertz CT molecular complexity index is 1790. The highest BCUT2D eigenvalue weighted by Crippen LogP contribution is 2.33. The summed E-state index contributed by atoms with van der Waals surface area (Å²) in [5, 5.41) is 21.1. The highest BCUT2D eigenvalue weighted by Gasteiger charge is 2.39. The molecule has 1 fully saturated rings. The molecule has 3 rings (SSSR count). The smallest absolute Gasteiger partial charge is 0.309 e. The zero-order chi connectivity index (χ0) is 46.3. The number of benzene rings is 1. The first-order chi connectivity index (χ1) is 29.2. The number of hydrogen-bond acceptors (Lipinski definition) is 10. The Morgan fingerprint density at radius 3 is 2.34 bits per heavy atom. The number of amides is 3. The third-order valence-corrected chi connectivity index (χ3v) is 12.9. The molecule has 1 aliphatic heterocycles. The first kappa shape index (κ1) is 52.2. The molecule has 0 aliphatic carbocycles. The molecule has 13 nitrogen and oxygen atoms in total. The van der Waals surface area contributed by atoms with E-state index in [0.717, 1.165) is 62.8 Å². The quantitative estimate of drug-likeness (QED) is 0.0561. The minimum absolute atomic E-state index is 0.0186. The van der Waals surface area contributed by atoms with Crippen molar-refractivity contribution < 1.29 is 38.2 Å². The summed E-state index contributed by atoms with van der Waals surface area (Å²) in [5.74, 6) is -3.10. The van der Waals surface area contributed by atoms with Crippen LogP contribution in [-0.2, 0) is 30.3 Å². The van der Waals surface area contributed by atoms with Gasteiger partial charge in [0.1, 0.15) is 22.6 Å². The van der Waals surface area contributed by atoms with Crippen LogP contribution in [0.3, 0.4) is 0 Å². The molecule has 4 N–H and O–H groups in total. The second-order valence-electron chi connectivity index (χ2n) is 18.6. The Kier molecular flexibility index (Phi) is 20.8. The van der Waals surface area contributed by atoms with Crippen LogP contribution in [0.4, 0.5) is 10.1 Å². The summed E-state index contributed by atoms with van der Waals surface area (Å²) in [6, 6.07) is 2.64. The van der Waals surface area contributed by atoms with Crippen LogP contribution in [0, 0.1) is 23.1 Å². The number of likely N-dealkylation sites (N-methyl/N-ethyl adjacent to an activating group) is 1. The van der Waals surface area contributed by atoms with E-state index in [9.17, 15) is 29.1 Å². The van der Waals surface area contributed by atoms with E-state index >= 15 is 4.39 Å². The molecule has 0 radical (unpaired) electrons. The number of nitrogens with one attached hydrogen (secondary N) is 3. The molecule has 1 aromatic heterocycles. The summed E-state index contributed by atoms with van der Waals surface area (Å²) in [5.41, 5.74) is -0.218. The highest BCUT2D eigenvalue weighted by molar-refractivity contribution is 7.09. The summed E-state index contributed by atoms with van der Waals surface area (Å²) < 4.78 is 21.0. The second-order valence-corrected chi connectivity index (χ2v) is 19.4. The summed E-state index contributed by atoms with van der Waals surface area (Å²) in [6.45, 7) is 19.7. The first-order valence-electron chi connectivity index (χ1n) is 22.7. The lowest BCUT2D eigenvalue weighted by molar-refractivity contribution is -0.150. The number of esters is 1. The highest BCUT2D eigenvalue weighted by atomic mass is 32.1. The summed E-state index contributed by atoms with van der Waals surface area (Å²) in [7, 11) is 1.95. The van der Waals surface area contributed by atoms with Crippen molar-refractivity contribution in [2.75, 3.05) is 25.5 Å². The van der Waals surface area contributed by atoms with Gasteiger partial charge in [-0.3, -0.25) is 28.9 Å². The predicted octanol–water partition coefficient (Wildman–Crippen LogP) is 8.39. The summed E-state index contributed by atoms with van der Waals surface area (Å²) in [6.07, 6.45) is 6.68. The maximum absolute atomic E-state index is 15.0. The van der Waals surface area contributed by atoms with Crippen LogP contribution in [0.15, 0.2) is 23.6 Å². The number of hydrogen-bond donors (Lipinski definition) is 4. The molecule has 1 aromatic carbocycles. The van der Waals surface area contributed by atoms with Gasteiger partial charge in [-0.25, -0.2) is 9.37 Å². The van der Waals surface area contributed by atoms with Crippen LogP contribution in [0.25, 0.3) is 0 Å². The fraction of sp³-hybridized carbons (Fsp3) is 0.702. The number of piperidine rings is 1. The number of unbranched alkanes of at least 4 members (excludes halogenated alkanes) is 3. The van der Waals surface area contributed by atoms with Gasteiger partial charge in [0.05, 0.1) is 17.1 Å². The van der Waals surface area contributed by atoms with E-state index in [4.69, 9.17) is 4.74 Å². The first-order valence-corrected chi connectivity index (χ1v) is 23.6. The Labute approximate surface area is 373 Å². The van der Waals surface area contributed by atoms with Gasteiger partial charge in [-0.1, -0.05) is 72.8 Å². The fourth-order valence-corrected chi connectivity index (χ4v) is 8.96. The Morgan fingerprint density at radius 1 is 1.05 bits per heavy atom. The van der Waals surface area contributed by atoms with Crippen LogP contribution in [-0.4, -0.2) is 99.9 Å². The van der Waals surface area contributed by atoms with Gasteiger partial charge in [-0.05, 0) is 103 Å². The number of nitrogens with zero attached hydrogens (tertiary/aromatic N) is 3. The number of thiazole rings is 1. The molecule has 0 unspecified atom stereocenters.